The Kier molecular flexibility index (Phi) is 2.41. The van der Waals surface area contributed by atoms with Gasteiger partial charge in [-0.25, -0.2) is 4.68 Å². The van der Waals surface area contributed by atoms with Gasteiger partial charge in [0.15, 0.2) is 5.82 Å². The van der Waals surface area contributed by atoms with Gasteiger partial charge in [0.25, 0.3) is 0 Å². The first kappa shape index (κ1) is 10.7. The minimum atomic E-state index is -0.114. The van der Waals surface area contributed by atoms with Crippen LogP contribution in [0.4, 0.5) is 5.82 Å². The summed E-state index contributed by atoms with van der Waals surface area (Å²) in [5, 5.41) is 7.98. The molecular formula is C10H15N5O. The molecular weight excluding hydrogens is 206 g/mol. The van der Waals surface area contributed by atoms with Gasteiger partial charge in [0.05, 0.1) is 6.20 Å². The third kappa shape index (κ3) is 2.05. The molecule has 2 aromatic heterocycles. The van der Waals surface area contributed by atoms with E-state index in [-0.39, 0.29) is 5.41 Å². The van der Waals surface area contributed by atoms with Crippen LogP contribution in [0.2, 0.25) is 0 Å². The maximum Gasteiger partial charge on any atom is 0.248 e. The highest BCUT2D eigenvalue weighted by atomic mass is 16.5. The second kappa shape index (κ2) is 3.62. The lowest BCUT2D eigenvalue weighted by molar-refractivity contribution is 0.354. The summed E-state index contributed by atoms with van der Waals surface area (Å²) in [5.74, 6) is 1.78. The van der Waals surface area contributed by atoms with Gasteiger partial charge in [0.1, 0.15) is 12.4 Å². The van der Waals surface area contributed by atoms with Gasteiger partial charge in [-0.1, -0.05) is 25.9 Å². The molecule has 0 aromatic carbocycles. The van der Waals surface area contributed by atoms with Gasteiger partial charge in [-0.05, 0) is 6.07 Å². The molecule has 0 radical (unpaired) electrons. The van der Waals surface area contributed by atoms with Crippen LogP contribution in [0.25, 0.3) is 0 Å². The highest BCUT2D eigenvalue weighted by Crippen LogP contribution is 2.18. The van der Waals surface area contributed by atoms with E-state index < -0.39 is 0 Å². The summed E-state index contributed by atoms with van der Waals surface area (Å²) < 4.78 is 6.75. The van der Waals surface area contributed by atoms with Gasteiger partial charge in [-0.15, -0.1) is 0 Å². The van der Waals surface area contributed by atoms with Crippen LogP contribution in [0.5, 0.6) is 0 Å². The Morgan fingerprint density at radius 3 is 2.69 bits per heavy atom. The molecule has 0 unspecified atom stereocenters. The fourth-order valence-electron chi connectivity index (χ4n) is 1.23. The van der Waals surface area contributed by atoms with Crippen molar-refractivity contribution in [2.45, 2.75) is 32.7 Å². The Hall–Kier alpha value is -1.85. The van der Waals surface area contributed by atoms with Crippen LogP contribution in [0, 0.1) is 0 Å². The quantitative estimate of drug-likeness (QED) is 0.823. The second-order valence-corrected chi connectivity index (χ2v) is 4.68. The molecule has 2 N–H and O–H groups in total. The molecule has 0 fully saturated rings. The van der Waals surface area contributed by atoms with Crippen molar-refractivity contribution in [2.24, 2.45) is 0 Å². The van der Waals surface area contributed by atoms with E-state index in [9.17, 15) is 0 Å². The molecule has 0 spiro atoms. The number of anilines is 1. The standard InChI is InChI=1S/C10H15N5O/c1-10(2,3)9-13-8(16-14-9)6-15-7(11)4-5-12-15/h4-5H,6,11H2,1-3H3. The van der Waals surface area contributed by atoms with Crippen molar-refractivity contribution in [3.8, 4) is 0 Å². The molecule has 2 heterocycles. The molecule has 0 saturated carbocycles. The van der Waals surface area contributed by atoms with Crippen LogP contribution in [0.1, 0.15) is 32.5 Å². The smallest absolute Gasteiger partial charge is 0.248 e. The first-order valence-electron chi connectivity index (χ1n) is 5.07. The van der Waals surface area contributed by atoms with Crippen LogP contribution in [-0.4, -0.2) is 19.9 Å². The summed E-state index contributed by atoms with van der Waals surface area (Å²) in [6, 6.07) is 1.72. The van der Waals surface area contributed by atoms with Crippen LogP contribution >= 0.6 is 0 Å². The van der Waals surface area contributed by atoms with Crippen molar-refractivity contribution in [2.75, 3.05) is 5.73 Å². The highest BCUT2D eigenvalue weighted by molar-refractivity contribution is 5.26. The summed E-state index contributed by atoms with van der Waals surface area (Å²) in [7, 11) is 0. The number of nitrogen functional groups attached to an aromatic ring is 1. The average Bonchev–Trinajstić information content (AvgIpc) is 2.76. The molecule has 0 atom stereocenters. The molecule has 0 aliphatic rings. The van der Waals surface area contributed by atoms with E-state index in [0.717, 1.165) is 0 Å². The SMILES string of the molecule is CC(C)(C)c1noc(Cn2nccc2N)n1. The Morgan fingerprint density at radius 2 is 2.19 bits per heavy atom. The van der Waals surface area contributed by atoms with Crippen LogP contribution in [0.3, 0.4) is 0 Å². The number of aromatic nitrogens is 4. The fourth-order valence-corrected chi connectivity index (χ4v) is 1.23. The van der Waals surface area contributed by atoms with E-state index in [2.05, 4.69) is 15.2 Å². The predicted molar refractivity (Wildman–Crippen MR) is 58.7 cm³/mol. The first-order chi connectivity index (χ1) is 7.47. The largest absolute Gasteiger partial charge is 0.384 e. The molecule has 6 heteroatoms. The van der Waals surface area contributed by atoms with Crippen molar-refractivity contribution in [1.82, 2.24) is 19.9 Å². The Labute approximate surface area is 93.4 Å². The van der Waals surface area contributed by atoms with Crippen LogP contribution in [0.15, 0.2) is 16.8 Å². The summed E-state index contributed by atoms with van der Waals surface area (Å²) in [4.78, 5) is 4.30. The Balaban J connectivity index is 2.18. The summed E-state index contributed by atoms with van der Waals surface area (Å²) in [6.07, 6.45) is 1.64. The van der Waals surface area contributed by atoms with E-state index in [1.165, 1.54) is 0 Å². The number of rotatable bonds is 2. The lowest BCUT2D eigenvalue weighted by Crippen LogP contribution is -2.13. The fraction of sp³-hybridized carbons (Fsp3) is 0.500. The zero-order valence-corrected chi connectivity index (χ0v) is 9.64. The lowest BCUT2D eigenvalue weighted by Gasteiger charge is -2.10. The minimum Gasteiger partial charge on any atom is -0.384 e. The first-order valence-corrected chi connectivity index (χ1v) is 5.07. The zero-order valence-electron chi connectivity index (χ0n) is 9.64. The number of nitrogens with zero attached hydrogens (tertiary/aromatic N) is 4. The topological polar surface area (TPSA) is 82.8 Å². The van der Waals surface area contributed by atoms with Gasteiger partial charge in [0.2, 0.25) is 5.89 Å². The van der Waals surface area contributed by atoms with E-state index in [4.69, 9.17) is 10.3 Å². The number of hydrogen-bond donors (Lipinski definition) is 1. The van der Waals surface area contributed by atoms with E-state index in [1.54, 1.807) is 16.9 Å². The maximum atomic E-state index is 5.69. The molecule has 0 amide bonds. The summed E-state index contributed by atoms with van der Waals surface area (Å²) in [6.45, 7) is 6.50. The Morgan fingerprint density at radius 1 is 1.44 bits per heavy atom. The van der Waals surface area contributed by atoms with E-state index in [1.807, 2.05) is 20.8 Å². The van der Waals surface area contributed by atoms with Crippen molar-refractivity contribution in [1.29, 1.82) is 0 Å². The van der Waals surface area contributed by atoms with Crippen LogP contribution in [-0.2, 0) is 12.0 Å². The number of nitrogens with two attached hydrogens (primary N) is 1. The van der Waals surface area contributed by atoms with Gasteiger partial charge >= 0.3 is 0 Å². The normalized spacial score (nSPS) is 11.9. The van der Waals surface area contributed by atoms with Crippen molar-refractivity contribution in [3.63, 3.8) is 0 Å². The highest BCUT2D eigenvalue weighted by Gasteiger charge is 2.21. The maximum absolute atomic E-state index is 5.69. The molecule has 2 rings (SSSR count). The zero-order chi connectivity index (χ0) is 11.8. The van der Waals surface area contributed by atoms with Crippen molar-refractivity contribution >= 4 is 5.82 Å². The molecule has 0 saturated heterocycles. The lowest BCUT2D eigenvalue weighted by atomic mass is 9.96. The van der Waals surface area contributed by atoms with E-state index in [0.29, 0.717) is 24.1 Å². The molecule has 0 aliphatic carbocycles. The molecule has 0 bridgehead atoms. The van der Waals surface area contributed by atoms with E-state index >= 15 is 0 Å². The Bertz CT molecular complexity index is 479. The van der Waals surface area contributed by atoms with Crippen LogP contribution < -0.4 is 5.73 Å². The van der Waals surface area contributed by atoms with Gasteiger partial charge in [0, 0.05) is 5.41 Å². The van der Waals surface area contributed by atoms with Gasteiger partial charge in [-0.2, -0.15) is 10.1 Å². The van der Waals surface area contributed by atoms with Gasteiger partial charge < -0.3 is 10.3 Å². The summed E-state index contributed by atoms with van der Waals surface area (Å²) >= 11 is 0. The molecule has 6 nitrogen and oxygen atoms in total. The average molecular weight is 221 g/mol. The summed E-state index contributed by atoms with van der Waals surface area (Å²) in [5.41, 5.74) is 5.58. The third-order valence-corrected chi connectivity index (χ3v) is 2.17. The van der Waals surface area contributed by atoms with Crippen molar-refractivity contribution in [3.05, 3.63) is 24.0 Å². The molecule has 16 heavy (non-hydrogen) atoms. The predicted octanol–water partition coefficient (Wildman–Crippen LogP) is 1.19. The third-order valence-electron chi connectivity index (χ3n) is 2.17. The molecule has 0 aliphatic heterocycles. The number of hydrogen-bond acceptors (Lipinski definition) is 5. The van der Waals surface area contributed by atoms with Gasteiger partial charge in [-0.3, -0.25) is 0 Å². The van der Waals surface area contributed by atoms with Crippen molar-refractivity contribution < 1.29 is 4.52 Å². The second-order valence-electron chi connectivity index (χ2n) is 4.68. The monoisotopic (exact) mass is 221 g/mol. The molecule has 86 valence electrons. The minimum absolute atomic E-state index is 0.114. The molecule has 2 aromatic rings.